The SMILES string of the molecule is CNc1ccc(CN(C)Cc2cccnc2)cn1. The van der Waals surface area contributed by atoms with E-state index in [9.17, 15) is 0 Å². The summed E-state index contributed by atoms with van der Waals surface area (Å²) in [6.07, 6.45) is 5.61. The van der Waals surface area contributed by atoms with Crippen LogP contribution in [0.4, 0.5) is 5.82 Å². The van der Waals surface area contributed by atoms with Gasteiger partial charge in [-0.05, 0) is 30.3 Å². The smallest absolute Gasteiger partial charge is 0.125 e. The van der Waals surface area contributed by atoms with E-state index in [1.54, 1.807) is 6.20 Å². The maximum atomic E-state index is 4.31. The van der Waals surface area contributed by atoms with Crippen molar-refractivity contribution in [3.63, 3.8) is 0 Å². The third-order valence-corrected chi connectivity index (χ3v) is 2.71. The summed E-state index contributed by atoms with van der Waals surface area (Å²) in [6.45, 7) is 1.77. The van der Waals surface area contributed by atoms with Crippen LogP contribution in [0.25, 0.3) is 0 Å². The number of rotatable bonds is 5. The highest BCUT2D eigenvalue weighted by Gasteiger charge is 2.02. The lowest BCUT2D eigenvalue weighted by atomic mass is 10.2. The fraction of sp³-hybridized carbons (Fsp3) is 0.286. The second-order valence-corrected chi connectivity index (χ2v) is 4.34. The van der Waals surface area contributed by atoms with E-state index in [0.29, 0.717) is 0 Å². The summed E-state index contributed by atoms with van der Waals surface area (Å²) in [4.78, 5) is 10.7. The van der Waals surface area contributed by atoms with Crippen molar-refractivity contribution in [1.29, 1.82) is 0 Å². The molecule has 4 nitrogen and oxygen atoms in total. The number of nitrogens with one attached hydrogen (secondary N) is 1. The van der Waals surface area contributed by atoms with Gasteiger partial charge in [-0.2, -0.15) is 0 Å². The predicted octanol–water partition coefficient (Wildman–Crippen LogP) is 2.15. The number of pyridine rings is 2. The van der Waals surface area contributed by atoms with Gasteiger partial charge in [0.25, 0.3) is 0 Å². The molecule has 2 aromatic rings. The van der Waals surface area contributed by atoms with Crippen LogP contribution in [0.15, 0.2) is 42.9 Å². The highest BCUT2D eigenvalue weighted by Crippen LogP contribution is 2.08. The van der Waals surface area contributed by atoms with Crippen LogP contribution in [0.5, 0.6) is 0 Å². The molecule has 0 unspecified atom stereocenters. The average Bonchev–Trinajstić information content (AvgIpc) is 2.40. The van der Waals surface area contributed by atoms with E-state index in [1.807, 2.05) is 31.6 Å². The first kappa shape index (κ1) is 12.5. The van der Waals surface area contributed by atoms with Gasteiger partial charge >= 0.3 is 0 Å². The van der Waals surface area contributed by atoms with Gasteiger partial charge in [0.15, 0.2) is 0 Å². The van der Waals surface area contributed by atoms with E-state index in [1.165, 1.54) is 11.1 Å². The Balaban J connectivity index is 1.92. The highest BCUT2D eigenvalue weighted by atomic mass is 15.1. The zero-order chi connectivity index (χ0) is 12.8. The summed E-state index contributed by atoms with van der Waals surface area (Å²) < 4.78 is 0. The van der Waals surface area contributed by atoms with Gasteiger partial charge in [0.1, 0.15) is 5.82 Å². The van der Waals surface area contributed by atoms with Gasteiger partial charge in [-0.1, -0.05) is 12.1 Å². The molecule has 18 heavy (non-hydrogen) atoms. The Morgan fingerprint density at radius 2 is 1.89 bits per heavy atom. The summed E-state index contributed by atoms with van der Waals surface area (Å²) in [7, 11) is 3.97. The molecular weight excluding hydrogens is 224 g/mol. The van der Waals surface area contributed by atoms with Crippen LogP contribution < -0.4 is 5.32 Å². The number of nitrogens with zero attached hydrogens (tertiary/aromatic N) is 3. The molecular formula is C14H18N4. The van der Waals surface area contributed by atoms with E-state index in [0.717, 1.165) is 18.9 Å². The third-order valence-electron chi connectivity index (χ3n) is 2.71. The largest absolute Gasteiger partial charge is 0.373 e. The Hall–Kier alpha value is -1.94. The maximum absolute atomic E-state index is 4.31. The van der Waals surface area contributed by atoms with Crippen LogP contribution in [0.3, 0.4) is 0 Å². The van der Waals surface area contributed by atoms with E-state index >= 15 is 0 Å². The summed E-state index contributed by atoms with van der Waals surface area (Å²) in [5, 5.41) is 3.01. The molecule has 2 heterocycles. The van der Waals surface area contributed by atoms with Crippen LogP contribution in [0, 0.1) is 0 Å². The summed E-state index contributed by atoms with van der Waals surface area (Å²) in [6, 6.07) is 8.14. The van der Waals surface area contributed by atoms with Gasteiger partial charge in [-0.3, -0.25) is 9.88 Å². The van der Waals surface area contributed by atoms with Gasteiger partial charge in [0, 0.05) is 38.7 Å². The Bertz CT molecular complexity index is 467. The Morgan fingerprint density at radius 3 is 2.44 bits per heavy atom. The van der Waals surface area contributed by atoms with Gasteiger partial charge in [-0.15, -0.1) is 0 Å². The molecule has 1 N–H and O–H groups in total. The van der Waals surface area contributed by atoms with Crippen molar-refractivity contribution >= 4 is 5.82 Å². The first-order valence-electron chi connectivity index (χ1n) is 5.98. The number of hydrogen-bond donors (Lipinski definition) is 1. The second-order valence-electron chi connectivity index (χ2n) is 4.34. The zero-order valence-corrected chi connectivity index (χ0v) is 10.8. The third kappa shape index (κ3) is 3.53. The van der Waals surface area contributed by atoms with Crippen molar-refractivity contribution in [2.45, 2.75) is 13.1 Å². The van der Waals surface area contributed by atoms with Gasteiger partial charge < -0.3 is 5.32 Å². The first-order valence-corrected chi connectivity index (χ1v) is 5.98. The van der Waals surface area contributed by atoms with Crippen LogP contribution in [-0.2, 0) is 13.1 Å². The molecule has 2 aromatic heterocycles. The highest BCUT2D eigenvalue weighted by molar-refractivity contribution is 5.34. The van der Waals surface area contributed by atoms with Crippen LogP contribution in [-0.4, -0.2) is 29.0 Å². The first-order chi connectivity index (χ1) is 8.78. The lowest BCUT2D eigenvalue weighted by Gasteiger charge is -2.16. The van der Waals surface area contributed by atoms with Crippen molar-refractivity contribution in [1.82, 2.24) is 14.9 Å². The van der Waals surface area contributed by atoms with Crippen molar-refractivity contribution < 1.29 is 0 Å². The molecule has 0 saturated heterocycles. The molecule has 0 saturated carbocycles. The molecule has 0 amide bonds. The predicted molar refractivity (Wildman–Crippen MR) is 73.2 cm³/mol. The van der Waals surface area contributed by atoms with E-state index in [2.05, 4.69) is 39.4 Å². The van der Waals surface area contributed by atoms with E-state index < -0.39 is 0 Å². The zero-order valence-electron chi connectivity index (χ0n) is 10.8. The van der Waals surface area contributed by atoms with Gasteiger partial charge in [-0.25, -0.2) is 4.98 Å². The monoisotopic (exact) mass is 242 g/mol. The lowest BCUT2D eigenvalue weighted by molar-refractivity contribution is 0.318. The topological polar surface area (TPSA) is 41.0 Å². The van der Waals surface area contributed by atoms with Crippen molar-refractivity contribution in [2.75, 3.05) is 19.4 Å². The van der Waals surface area contributed by atoms with Crippen LogP contribution in [0.2, 0.25) is 0 Å². The molecule has 0 spiro atoms. The summed E-state index contributed by atoms with van der Waals surface area (Å²) >= 11 is 0. The van der Waals surface area contributed by atoms with E-state index in [4.69, 9.17) is 0 Å². The molecule has 0 aliphatic rings. The molecule has 0 bridgehead atoms. The molecule has 0 fully saturated rings. The molecule has 0 aliphatic heterocycles. The standard InChI is InChI=1S/C14H18N4/c1-15-14-6-5-13(9-17-14)11-18(2)10-12-4-3-7-16-8-12/h3-9H,10-11H2,1-2H3,(H,15,17). The summed E-state index contributed by atoms with van der Waals surface area (Å²) in [5.74, 6) is 0.897. The number of anilines is 1. The minimum absolute atomic E-state index is 0.881. The van der Waals surface area contributed by atoms with Gasteiger partial charge in [0.05, 0.1) is 0 Å². The quantitative estimate of drug-likeness (QED) is 0.872. The fourth-order valence-corrected chi connectivity index (χ4v) is 1.84. The minimum Gasteiger partial charge on any atom is -0.373 e. The average molecular weight is 242 g/mol. The molecule has 0 atom stereocenters. The van der Waals surface area contributed by atoms with E-state index in [-0.39, 0.29) is 0 Å². The van der Waals surface area contributed by atoms with Crippen molar-refractivity contribution in [3.8, 4) is 0 Å². The lowest BCUT2D eigenvalue weighted by Crippen LogP contribution is -2.17. The molecule has 0 aromatic carbocycles. The molecule has 4 heteroatoms. The Morgan fingerprint density at radius 1 is 1.11 bits per heavy atom. The summed E-state index contributed by atoms with van der Waals surface area (Å²) in [5.41, 5.74) is 2.43. The molecule has 0 radical (unpaired) electrons. The van der Waals surface area contributed by atoms with Crippen molar-refractivity contribution in [2.24, 2.45) is 0 Å². The Kier molecular flexibility index (Phi) is 4.25. The molecule has 0 aliphatic carbocycles. The normalized spacial score (nSPS) is 10.6. The van der Waals surface area contributed by atoms with Crippen LogP contribution >= 0.6 is 0 Å². The Labute approximate surface area is 108 Å². The van der Waals surface area contributed by atoms with Crippen LogP contribution in [0.1, 0.15) is 11.1 Å². The van der Waals surface area contributed by atoms with Crippen molar-refractivity contribution in [3.05, 3.63) is 54.0 Å². The minimum atomic E-state index is 0.881. The fourth-order valence-electron chi connectivity index (χ4n) is 1.84. The maximum Gasteiger partial charge on any atom is 0.125 e. The molecule has 2 rings (SSSR count). The number of hydrogen-bond acceptors (Lipinski definition) is 4. The second kappa shape index (κ2) is 6.12. The van der Waals surface area contributed by atoms with Gasteiger partial charge in [0.2, 0.25) is 0 Å². The number of aromatic nitrogens is 2. The molecule has 94 valence electrons.